The number of benzene rings is 1. The van der Waals surface area contributed by atoms with E-state index in [4.69, 9.17) is 0 Å². The van der Waals surface area contributed by atoms with Gasteiger partial charge >= 0.3 is 6.18 Å². The molecule has 0 bridgehead atoms. The van der Waals surface area contributed by atoms with E-state index in [9.17, 15) is 13.2 Å². The lowest BCUT2D eigenvalue weighted by Gasteiger charge is -2.25. The van der Waals surface area contributed by atoms with E-state index < -0.39 is 11.7 Å². The Morgan fingerprint density at radius 3 is 2.48 bits per heavy atom. The Morgan fingerprint density at radius 1 is 1.24 bits per heavy atom. The maximum Gasteiger partial charge on any atom is 0.416 e. The Kier molecular flexibility index (Phi) is 5.14. The first-order valence-corrected chi connectivity index (χ1v) is 7.64. The monoisotopic (exact) mass is 300 g/mol. The zero-order valence-electron chi connectivity index (χ0n) is 12.6. The molecule has 1 aromatic rings. The Bertz CT molecular complexity index is 467. The standard InChI is InChI=1S/C16H23F3N2/c1-3-9-20-11-12-5-6-14(10-15(12)16(17,18)19)21(4-2)13-7-8-13/h5-6,10,13,20H,3-4,7-9,11H2,1-2H3. The molecule has 2 nitrogen and oxygen atoms in total. The number of alkyl halides is 3. The third-order valence-corrected chi connectivity index (χ3v) is 3.80. The van der Waals surface area contributed by atoms with Gasteiger partial charge < -0.3 is 10.2 Å². The molecule has 5 heteroatoms. The summed E-state index contributed by atoms with van der Waals surface area (Å²) in [5.74, 6) is 0. The fourth-order valence-electron chi connectivity index (χ4n) is 2.60. The van der Waals surface area contributed by atoms with Gasteiger partial charge in [-0.1, -0.05) is 13.0 Å². The summed E-state index contributed by atoms with van der Waals surface area (Å²) in [6.45, 7) is 5.72. The molecule has 0 amide bonds. The van der Waals surface area contributed by atoms with Crippen LogP contribution in [0.3, 0.4) is 0 Å². The van der Waals surface area contributed by atoms with E-state index in [0.29, 0.717) is 17.3 Å². The molecule has 0 heterocycles. The van der Waals surface area contributed by atoms with Crippen LogP contribution < -0.4 is 10.2 Å². The summed E-state index contributed by atoms with van der Waals surface area (Å²) < 4.78 is 39.8. The predicted molar refractivity (Wildman–Crippen MR) is 79.5 cm³/mol. The lowest BCUT2D eigenvalue weighted by atomic mass is 10.0. The SMILES string of the molecule is CCCNCc1ccc(N(CC)C2CC2)cc1C(F)(F)F. The van der Waals surface area contributed by atoms with Gasteiger partial charge in [0.2, 0.25) is 0 Å². The molecule has 118 valence electrons. The summed E-state index contributed by atoms with van der Waals surface area (Å²) in [4.78, 5) is 2.07. The minimum atomic E-state index is -4.30. The van der Waals surface area contributed by atoms with Crippen LogP contribution in [0, 0.1) is 0 Å². The van der Waals surface area contributed by atoms with Crippen LogP contribution in [0.4, 0.5) is 18.9 Å². The quantitative estimate of drug-likeness (QED) is 0.759. The highest BCUT2D eigenvalue weighted by atomic mass is 19.4. The summed E-state index contributed by atoms with van der Waals surface area (Å²) in [5, 5.41) is 3.05. The van der Waals surface area contributed by atoms with Crippen LogP contribution in [-0.4, -0.2) is 19.1 Å². The number of hydrogen-bond donors (Lipinski definition) is 1. The molecule has 0 spiro atoms. The lowest BCUT2D eigenvalue weighted by Crippen LogP contribution is -2.26. The maximum absolute atomic E-state index is 13.3. The van der Waals surface area contributed by atoms with E-state index in [1.54, 1.807) is 6.07 Å². The number of halogens is 3. The average molecular weight is 300 g/mol. The minimum absolute atomic E-state index is 0.262. The first kappa shape index (κ1) is 16.1. The van der Waals surface area contributed by atoms with E-state index in [1.165, 1.54) is 6.07 Å². The molecule has 0 aliphatic heterocycles. The molecule has 0 atom stereocenters. The minimum Gasteiger partial charge on any atom is -0.369 e. The fourth-order valence-corrected chi connectivity index (χ4v) is 2.60. The molecule has 0 radical (unpaired) electrons. The number of hydrogen-bond acceptors (Lipinski definition) is 2. The van der Waals surface area contributed by atoms with Gasteiger partial charge in [-0.2, -0.15) is 13.2 Å². The molecule has 1 N–H and O–H groups in total. The highest BCUT2D eigenvalue weighted by molar-refractivity contribution is 5.53. The van der Waals surface area contributed by atoms with Crippen molar-refractivity contribution in [1.29, 1.82) is 0 Å². The fraction of sp³-hybridized carbons (Fsp3) is 0.625. The molecular weight excluding hydrogens is 277 g/mol. The van der Waals surface area contributed by atoms with Crippen molar-refractivity contribution in [2.75, 3.05) is 18.0 Å². The van der Waals surface area contributed by atoms with Crippen molar-refractivity contribution in [3.8, 4) is 0 Å². The van der Waals surface area contributed by atoms with E-state index >= 15 is 0 Å². The summed E-state index contributed by atoms with van der Waals surface area (Å²) in [6, 6.07) is 5.16. The van der Waals surface area contributed by atoms with Gasteiger partial charge in [0, 0.05) is 24.8 Å². The number of anilines is 1. The predicted octanol–water partition coefficient (Wildman–Crippen LogP) is 4.19. The van der Waals surface area contributed by atoms with Crippen molar-refractivity contribution < 1.29 is 13.2 Å². The van der Waals surface area contributed by atoms with Crippen LogP contribution in [0.1, 0.15) is 44.2 Å². The van der Waals surface area contributed by atoms with Gasteiger partial charge in [0.1, 0.15) is 0 Å². The first-order chi connectivity index (χ1) is 9.97. The van der Waals surface area contributed by atoms with Gasteiger partial charge in [-0.05, 0) is 50.4 Å². The molecule has 0 aromatic heterocycles. The van der Waals surface area contributed by atoms with Crippen molar-refractivity contribution >= 4 is 5.69 Å². The van der Waals surface area contributed by atoms with Crippen LogP contribution in [0.15, 0.2) is 18.2 Å². The Hall–Kier alpha value is -1.23. The van der Waals surface area contributed by atoms with Crippen molar-refractivity contribution in [3.05, 3.63) is 29.3 Å². The normalized spacial score (nSPS) is 15.3. The van der Waals surface area contributed by atoms with Gasteiger partial charge in [-0.3, -0.25) is 0 Å². The van der Waals surface area contributed by atoms with Crippen molar-refractivity contribution in [3.63, 3.8) is 0 Å². The largest absolute Gasteiger partial charge is 0.416 e. The molecule has 1 aromatic carbocycles. The first-order valence-electron chi connectivity index (χ1n) is 7.64. The van der Waals surface area contributed by atoms with Crippen molar-refractivity contribution in [2.45, 2.75) is 51.9 Å². The Labute approximate surface area is 124 Å². The molecular formula is C16H23F3N2. The van der Waals surface area contributed by atoms with Crippen LogP contribution in [0.25, 0.3) is 0 Å². The van der Waals surface area contributed by atoms with Gasteiger partial charge in [-0.15, -0.1) is 0 Å². The van der Waals surface area contributed by atoms with Crippen molar-refractivity contribution in [1.82, 2.24) is 5.32 Å². The van der Waals surface area contributed by atoms with Crippen molar-refractivity contribution in [2.24, 2.45) is 0 Å². The number of rotatable bonds is 7. The third kappa shape index (κ3) is 4.13. The molecule has 1 aliphatic carbocycles. The van der Waals surface area contributed by atoms with Gasteiger partial charge in [0.25, 0.3) is 0 Å². The Morgan fingerprint density at radius 2 is 1.95 bits per heavy atom. The third-order valence-electron chi connectivity index (χ3n) is 3.80. The van der Waals surface area contributed by atoms with Gasteiger partial charge in [-0.25, -0.2) is 0 Å². The summed E-state index contributed by atoms with van der Waals surface area (Å²) in [7, 11) is 0. The van der Waals surface area contributed by atoms with Crippen LogP contribution in [0.5, 0.6) is 0 Å². The Balaban J connectivity index is 2.25. The lowest BCUT2D eigenvalue weighted by molar-refractivity contribution is -0.138. The van der Waals surface area contributed by atoms with Crippen LogP contribution in [-0.2, 0) is 12.7 Å². The second-order valence-corrected chi connectivity index (χ2v) is 5.53. The second kappa shape index (κ2) is 6.69. The molecule has 2 rings (SSSR count). The van der Waals surface area contributed by atoms with Crippen LogP contribution >= 0.6 is 0 Å². The summed E-state index contributed by atoms with van der Waals surface area (Å²) in [5.41, 5.74) is 0.501. The molecule has 1 aliphatic rings. The van der Waals surface area contributed by atoms with Gasteiger partial charge in [0.15, 0.2) is 0 Å². The average Bonchev–Trinajstić information content (AvgIpc) is 3.24. The van der Waals surface area contributed by atoms with Crippen LogP contribution in [0.2, 0.25) is 0 Å². The van der Waals surface area contributed by atoms with E-state index in [2.05, 4.69) is 10.2 Å². The van der Waals surface area contributed by atoms with Gasteiger partial charge in [0.05, 0.1) is 5.56 Å². The summed E-state index contributed by atoms with van der Waals surface area (Å²) in [6.07, 6.45) is -1.24. The number of nitrogens with one attached hydrogen (secondary N) is 1. The van der Waals surface area contributed by atoms with E-state index in [0.717, 1.165) is 32.4 Å². The van der Waals surface area contributed by atoms with E-state index in [1.807, 2.05) is 19.9 Å². The highest BCUT2D eigenvalue weighted by Crippen LogP contribution is 2.37. The highest BCUT2D eigenvalue weighted by Gasteiger charge is 2.35. The van der Waals surface area contributed by atoms with E-state index in [-0.39, 0.29) is 6.54 Å². The maximum atomic E-state index is 13.3. The molecule has 0 unspecified atom stereocenters. The number of nitrogens with zero attached hydrogens (tertiary/aromatic N) is 1. The molecule has 1 fully saturated rings. The smallest absolute Gasteiger partial charge is 0.369 e. The zero-order chi connectivity index (χ0) is 15.5. The zero-order valence-corrected chi connectivity index (χ0v) is 12.6. The second-order valence-electron chi connectivity index (χ2n) is 5.53. The molecule has 1 saturated carbocycles. The molecule has 0 saturated heterocycles. The summed E-state index contributed by atoms with van der Waals surface area (Å²) >= 11 is 0. The molecule has 21 heavy (non-hydrogen) atoms. The topological polar surface area (TPSA) is 15.3 Å².